The number of aliphatic hydroxyl groups excluding tert-OH is 1. The Morgan fingerprint density at radius 3 is 2.47 bits per heavy atom. The minimum Gasteiger partial charge on any atom is -0.397 e. The second kappa shape index (κ2) is 5.37. The molecule has 1 aromatic carbocycles. The average Bonchev–Trinajstić information content (AvgIpc) is 2.24. The van der Waals surface area contributed by atoms with Crippen molar-refractivity contribution < 1.29 is 13.5 Å². The van der Waals surface area contributed by atoms with E-state index < -0.39 is 16.4 Å². The summed E-state index contributed by atoms with van der Waals surface area (Å²) in [4.78, 5) is 0.181. The molecule has 17 heavy (non-hydrogen) atoms. The minimum atomic E-state index is -3.49. The van der Waals surface area contributed by atoms with Crippen LogP contribution in [0.25, 0.3) is 0 Å². The van der Waals surface area contributed by atoms with Gasteiger partial charge in [0.05, 0.1) is 28.6 Å². The lowest BCUT2D eigenvalue weighted by Gasteiger charge is -2.13. The van der Waals surface area contributed by atoms with E-state index in [0.29, 0.717) is 23.4 Å². The molecule has 0 aliphatic rings. The Labute approximate surface area is 101 Å². The van der Waals surface area contributed by atoms with Crippen LogP contribution in [-0.4, -0.2) is 25.9 Å². The van der Waals surface area contributed by atoms with Crippen LogP contribution >= 0.6 is 0 Å². The predicted molar refractivity (Wildman–Crippen MR) is 68.4 cm³/mol. The third kappa shape index (κ3) is 2.89. The van der Waals surface area contributed by atoms with E-state index in [1.54, 1.807) is 0 Å². The molecule has 0 bridgehead atoms. The molecule has 0 radical (unpaired) electrons. The summed E-state index contributed by atoms with van der Waals surface area (Å²) < 4.78 is 23.9. The number of aliphatic hydroxyl groups is 1. The lowest BCUT2D eigenvalue weighted by Crippen LogP contribution is -2.14. The van der Waals surface area contributed by atoms with Crippen LogP contribution in [0.2, 0.25) is 0 Å². The van der Waals surface area contributed by atoms with Crippen LogP contribution < -0.4 is 11.5 Å². The highest BCUT2D eigenvalue weighted by Crippen LogP contribution is 2.29. The zero-order valence-corrected chi connectivity index (χ0v) is 10.6. The van der Waals surface area contributed by atoms with Gasteiger partial charge in [-0.1, -0.05) is 13.3 Å². The van der Waals surface area contributed by atoms with Crippen molar-refractivity contribution in [1.29, 1.82) is 0 Å². The maximum atomic E-state index is 11.9. The van der Waals surface area contributed by atoms with E-state index in [-0.39, 0.29) is 10.6 Å². The molecular formula is C11H18N2O3S. The highest BCUT2D eigenvalue weighted by molar-refractivity contribution is 7.91. The zero-order valence-electron chi connectivity index (χ0n) is 9.81. The molecule has 96 valence electrons. The fourth-order valence-electron chi connectivity index (χ4n) is 1.69. The molecule has 0 heterocycles. The lowest BCUT2D eigenvalue weighted by atomic mass is 10.1. The van der Waals surface area contributed by atoms with E-state index in [1.165, 1.54) is 12.1 Å². The molecule has 0 saturated heterocycles. The van der Waals surface area contributed by atoms with Crippen molar-refractivity contribution in [2.75, 3.05) is 23.8 Å². The fourth-order valence-corrected chi connectivity index (χ4v) is 3.02. The van der Waals surface area contributed by atoms with E-state index in [4.69, 9.17) is 16.6 Å². The third-order valence-electron chi connectivity index (χ3n) is 2.54. The van der Waals surface area contributed by atoms with E-state index >= 15 is 0 Å². The van der Waals surface area contributed by atoms with Gasteiger partial charge in [0.25, 0.3) is 0 Å². The zero-order chi connectivity index (χ0) is 13.1. The van der Waals surface area contributed by atoms with Gasteiger partial charge in [-0.2, -0.15) is 0 Å². The number of hydrogen-bond donors (Lipinski definition) is 3. The van der Waals surface area contributed by atoms with Crippen molar-refractivity contribution in [2.45, 2.75) is 24.7 Å². The minimum absolute atomic E-state index is 0.181. The van der Waals surface area contributed by atoms with Gasteiger partial charge in [-0.3, -0.25) is 0 Å². The third-order valence-corrected chi connectivity index (χ3v) is 4.32. The number of anilines is 2. The van der Waals surface area contributed by atoms with E-state index in [1.807, 2.05) is 6.92 Å². The van der Waals surface area contributed by atoms with Crippen LogP contribution in [0.5, 0.6) is 0 Å². The standard InChI is InChI=1S/C11H18N2O3S/c1-2-3-8-10(17(15,16)7-6-14)5-4-9(12)11(8)13/h4-5,14H,2-3,6-7,12-13H2,1H3. The second-order valence-electron chi connectivity index (χ2n) is 3.84. The second-order valence-corrected chi connectivity index (χ2v) is 5.92. The summed E-state index contributed by atoms with van der Waals surface area (Å²) in [5, 5.41) is 8.77. The molecule has 1 aromatic rings. The van der Waals surface area contributed by atoms with Gasteiger partial charge in [0, 0.05) is 0 Å². The van der Waals surface area contributed by atoms with Crippen LogP contribution in [0.4, 0.5) is 11.4 Å². The molecule has 0 amide bonds. The van der Waals surface area contributed by atoms with Crippen molar-refractivity contribution in [1.82, 2.24) is 0 Å². The maximum Gasteiger partial charge on any atom is 0.180 e. The van der Waals surface area contributed by atoms with Crippen molar-refractivity contribution in [3.8, 4) is 0 Å². The number of benzene rings is 1. The molecule has 6 heteroatoms. The molecule has 5 N–H and O–H groups in total. The smallest absolute Gasteiger partial charge is 0.180 e. The molecule has 0 fully saturated rings. The maximum absolute atomic E-state index is 11.9. The van der Waals surface area contributed by atoms with E-state index in [0.717, 1.165) is 6.42 Å². The average molecular weight is 258 g/mol. The van der Waals surface area contributed by atoms with Crippen LogP contribution in [0, 0.1) is 0 Å². The van der Waals surface area contributed by atoms with Crippen molar-refractivity contribution in [3.63, 3.8) is 0 Å². The Bertz CT molecular complexity index is 498. The molecule has 0 aliphatic heterocycles. The molecule has 0 unspecified atom stereocenters. The summed E-state index contributed by atoms with van der Waals surface area (Å²) >= 11 is 0. The van der Waals surface area contributed by atoms with Gasteiger partial charge in [-0.15, -0.1) is 0 Å². The normalized spacial score (nSPS) is 11.6. The Hall–Kier alpha value is -1.27. The van der Waals surface area contributed by atoms with Crippen molar-refractivity contribution in [2.24, 2.45) is 0 Å². The number of hydrogen-bond acceptors (Lipinski definition) is 5. The van der Waals surface area contributed by atoms with E-state index in [9.17, 15) is 8.42 Å². The van der Waals surface area contributed by atoms with Crippen LogP contribution in [-0.2, 0) is 16.3 Å². The Morgan fingerprint density at radius 1 is 1.29 bits per heavy atom. The first-order valence-electron chi connectivity index (χ1n) is 5.44. The summed E-state index contributed by atoms with van der Waals surface area (Å²) in [7, 11) is -3.49. The molecule has 0 saturated carbocycles. The molecule has 0 aliphatic carbocycles. The van der Waals surface area contributed by atoms with Gasteiger partial charge in [-0.05, 0) is 24.1 Å². The summed E-state index contributed by atoms with van der Waals surface area (Å²) in [5.74, 6) is -0.299. The largest absolute Gasteiger partial charge is 0.397 e. The van der Waals surface area contributed by atoms with Gasteiger partial charge in [-0.25, -0.2) is 8.42 Å². The first-order valence-corrected chi connectivity index (χ1v) is 7.09. The Morgan fingerprint density at radius 2 is 1.94 bits per heavy atom. The molecule has 0 aromatic heterocycles. The van der Waals surface area contributed by atoms with E-state index in [2.05, 4.69) is 0 Å². The summed E-state index contributed by atoms with van der Waals surface area (Å²) in [5.41, 5.74) is 12.7. The summed E-state index contributed by atoms with van der Waals surface area (Å²) in [6.07, 6.45) is 1.33. The van der Waals surface area contributed by atoms with Gasteiger partial charge < -0.3 is 16.6 Å². The SMILES string of the molecule is CCCc1c(S(=O)(=O)CCO)ccc(N)c1N. The molecule has 0 atom stereocenters. The van der Waals surface area contributed by atoms with Crippen LogP contribution in [0.15, 0.2) is 17.0 Å². The highest BCUT2D eigenvalue weighted by Gasteiger charge is 2.20. The highest BCUT2D eigenvalue weighted by atomic mass is 32.2. The topological polar surface area (TPSA) is 106 Å². The van der Waals surface area contributed by atoms with Crippen molar-refractivity contribution >= 4 is 21.2 Å². The number of nitrogen functional groups attached to an aromatic ring is 2. The van der Waals surface area contributed by atoms with Crippen molar-refractivity contribution in [3.05, 3.63) is 17.7 Å². The fraction of sp³-hybridized carbons (Fsp3) is 0.455. The van der Waals surface area contributed by atoms with Gasteiger partial charge in [0.15, 0.2) is 9.84 Å². The van der Waals surface area contributed by atoms with Gasteiger partial charge >= 0.3 is 0 Å². The Kier molecular flexibility index (Phi) is 4.36. The van der Waals surface area contributed by atoms with Crippen LogP contribution in [0.1, 0.15) is 18.9 Å². The number of sulfone groups is 1. The Balaban J connectivity index is 3.38. The number of nitrogens with two attached hydrogens (primary N) is 2. The molecule has 0 spiro atoms. The predicted octanol–water partition coefficient (Wildman–Crippen LogP) is 0.570. The summed E-state index contributed by atoms with van der Waals surface area (Å²) in [6, 6.07) is 2.94. The summed E-state index contributed by atoms with van der Waals surface area (Å²) in [6.45, 7) is 1.53. The first-order chi connectivity index (χ1) is 7.94. The quantitative estimate of drug-likeness (QED) is 0.669. The van der Waals surface area contributed by atoms with Gasteiger partial charge in [0.2, 0.25) is 0 Å². The molecule has 5 nitrogen and oxygen atoms in total. The first kappa shape index (κ1) is 13.8. The monoisotopic (exact) mass is 258 g/mol. The molecule has 1 rings (SSSR count). The van der Waals surface area contributed by atoms with Crippen LogP contribution in [0.3, 0.4) is 0 Å². The molecular weight excluding hydrogens is 240 g/mol. The van der Waals surface area contributed by atoms with Gasteiger partial charge in [0.1, 0.15) is 0 Å². The lowest BCUT2D eigenvalue weighted by molar-refractivity contribution is 0.319. The number of rotatable bonds is 5.